The zero-order valence-electron chi connectivity index (χ0n) is 18.6. The van der Waals surface area contributed by atoms with Crippen molar-refractivity contribution < 1.29 is 19.1 Å². The van der Waals surface area contributed by atoms with Gasteiger partial charge in [-0.15, -0.1) is 0 Å². The predicted octanol–water partition coefficient (Wildman–Crippen LogP) is 3.64. The minimum absolute atomic E-state index is 0.0712. The molecule has 4 rings (SSSR count). The summed E-state index contributed by atoms with van der Waals surface area (Å²) in [6.45, 7) is 4.22. The molecular formula is C25H26N4O4. The van der Waals surface area contributed by atoms with Crippen LogP contribution < -0.4 is 10.6 Å². The molecule has 2 aromatic carbocycles. The second-order valence-electron chi connectivity index (χ2n) is 7.97. The van der Waals surface area contributed by atoms with Gasteiger partial charge in [-0.3, -0.25) is 9.59 Å². The Labute approximate surface area is 191 Å². The molecule has 0 spiro atoms. The van der Waals surface area contributed by atoms with E-state index in [1.165, 1.54) is 6.20 Å². The summed E-state index contributed by atoms with van der Waals surface area (Å²) >= 11 is 0. The maximum absolute atomic E-state index is 12.5. The van der Waals surface area contributed by atoms with E-state index in [2.05, 4.69) is 15.7 Å². The number of anilines is 1. The first kappa shape index (κ1) is 22.3. The number of benzene rings is 2. The number of amides is 2. The van der Waals surface area contributed by atoms with Crippen LogP contribution in [0.15, 0.2) is 54.7 Å². The average molecular weight is 447 g/mol. The van der Waals surface area contributed by atoms with E-state index >= 15 is 0 Å². The Kier molecular flexibility index (Phi) is 6.53. The molecule has 0 atom stereocenters. The summed E-state index contributed by atoms with van der Waals surface area (Å²) < 4.78 is 6.68. The van der Waals surface area contributed by atoms with E-state index in [9.17, 15) is 14.4 Å². The summed E-state index contributed by atoms with van der Waals surface area (Å²) in [6.07, 6.45) is 3.41. The van der Waals surface area contributed by atoms with Crippen LogP contribution in [0.25, 0.3) is 5.69 Å². The van der Waals surface area contributed by atoms with E-state index in [0.29, 0.717) is 30.0 Å². The van der Waals surface area contributed by atoms with Crippen molar-refractivity contribution in [3.63, 3.8) is 0 Å². The van der Waals surface area contributed by atoms with Gasteiger partial charge in [-0.1, -0.05) is 12.1 Å². The number of nitrogens with zero attached hydrogens (tertiary/aromatic N) is 2. The highest BCUT2D eigenvalue weighted by molar-refractivity contribution is 5.95. The Morgan fingerprint density at radius 1 is 1.06 bits per heavy atom. The van der Waals surface area contributed by atoms with Crippen molar-refractivity contribution in [2.75, 3.05) is 11.9 Å². The molecule has 1 aromatic heterocycles. The lowest BCUT2D eigenvalue weighted by molar-refractivity contribution is -0.117. The van der Waals surface area contributed by atoms with Gasteiger partial charge in [0.2, 0.25) is 5.91 Å². The van der Waals surface area contributed by atoms with Crippen molar-refractivity contribution in [3.8, 4) is 5.69 Å². The molecule has 170 valence electrons. The van der Waals surface area contributed by atoms with Gasteiger partial charge in [0.1, 0.15) is 5.56 Å². The molecule has 1 fully saturated rings. The first-order valence-electron chi connectivity index (χ1n) is 11.0. The van der Waals surface area contributed by atoms with Crippen LogP contribution in [0, 0.1) is 12.8 Å². The number of rotatable bonds is 8. The number of carbonyl (C=O) groups is 3. The molecule has 0 aliphatic heterocycles. The van der Waals surface area contributed by atoms with Gasteiger partial charge in [0, 0.05) is 23.7 Å². The number of carbonyl (C=O) groups excluding carboxylic acids is 3. The van der Waals surface area contributed by atoms with E-state index < -0.39 is 5.97 Å². The predicted molar refractivity (Wildman–Crippen MR) is 123 cm³/mol. The van der Waals surface area contributed by atoms with Crippen molar-refractivity contribution in [3.05, 3.63) is 77.1 Å². The van der Waals surface area contributed by atoms with Crippen LogP contribution in [0.2, 0.25) is 0 Å². The van der Waals surface area contributed by atoms with Gasteiger partial charge in [-0.2, -0.15) is 5.10 Å². The minimum atomic E-state index is -0.407. The van der Waals surface area contributed by atoms with Crippen molar-refractivity contribution in [1.29, 1.82) is 0 Å². The Balaban J connectivity index is 1.34. The normalized spacial score (nSPS) is 12.8. The lowest BCUT2D eigenvalue weighted by atomic mass is 10.1. The molecule has 0 saturated heterocycles. The van der Waals surface area contributed by atoms with Gasteiger partial charge >= 0.3 is 5.97 Å². The van der Waals surface area contributed by atoms with Crippen LogP contribution in [0.4, 0.5) is 5.69 Å². The fourth-order valence-electron chi connectivity index (χ4n) is 3.41. The summed E-state index contributed by atoms with van der Waals surface area (Å²) in [7, 11) is 0. The number of hydrogen-bond acceptors (Lipinski definition) is 5. The maximum Gasteiger partial charge on any atom is 0.341 e. The molecule has 0 bridgehead atoms. The summed E-state index contributed by atoms with van der Waals surface area (Å²) in [5.41, 5.74) is 4.03. The molecule has 1 aliphatic carbocycles. The van der Waals surface area contributed by atoms with E-state index in [4.69, 9.17) is 4.74 Å². The summed E-state index contributed by atoms with van der Waals surface area (Å²) in [6, 6.07) is 14.4. The molecule has 3 aromatic rings. The van der Waals surface area contributed by atoms with Gasteiger partial charge in [0.05, 0.1) is 24.2 Å². The highest BCUT2D eigenvalue weighted by atomic mass is 16.5. The third-order valence-electron chi connectivity index (χ3n) is 5.50. The van der Waals surface area contributed by atoms with Crippen LogP contribution in [0.3, 0.4) is 0 Å². The molecule has 33 heavy (non-hydrogen) atoms. The van der Waals surface area contributed by atoms with E-state index in [1.54, 1.807) is 42.8 Å². The molecule has 0 radical (unpaired) electrons. The molecule has 1 saturated carbocycles. The van der Waals surface area contributed by atoms with Crippen LogP contribution in [0.5, 0.6) is 0 Å². The van der Waals surface area contributed by atoms with E-state index in [0.717, 1.165) is 29.8 Å². The lowest BCUT2D eigenvalue weighted by Crippen LogP contribution is -2.22. The molecule has 2 N–H and O–H groups in total. The second-order valence-corrected chi connectivity index (χ2v) is 7.97. The first-order chi connectivity index (χ1) is 16.0. The van der Waals surface area contributed by atoms with Crippen molar-refractivity contribution in [2.24, 2.45) is 5.92 Å². The zero-order valence-corrected chi connectivity index (χ0v) is 18.6. The monoisotopic (exact) mass is 446 g/mol. The lowest BCUT2D eigenvalue weighted by Gasteiger charge is -2.09. The Morgan fingerprint density at radius 3 is 2.39 bits per heavy atom. The van der Waals surface area contributed by atoms with Gasteiger partial charge in [-0.25, -0.2) is 9.48 Å². The highest BCUT2D eigenvalue weighted by Gasteiger charge is 2.29. The van der Waals surface area contributed by atoms with Gasteiger partial charge in [0.25, 0.3) is 5.91 Å². The molecule has 8 nitrogen and oxygen atoms in total. The molecule has 1 heterocycles. The minimum Gasteiger partial charge on any atom is -0.462 e. The quantitative estimate of drug-likeness (QED) is 0.515. The highest BCUT2D eigenvalue weighted by Crippen LogP contribution is 2.30. The third kappa shape index (κ3) is 5.28. The first-order valence-corrected chi connectivity index (χ1v) is 11.0. The Bertz CT molecular complexity index is 1160. The molecule has 2 amide bonds. The average Bonchev–Trinajstić information content (AvgIpc) is 3.61. The number of esters is 1. The van der Waals surface area contributed by atoms with Crippen LogP contribution >= 0.6 is 0 Å². The van der Waals surface area contributed by atoms with E-state index in [-0.39, 0.29) is 17.7 Å². The van der Waals surface area contributed by atoms with E-state index in [1.807, 2.05) is 24.3 Å². The summed E-state index contributed by atoms with van der Waals surface area (Å²) in [5.74, 6) is -0.373. The SMILES string of the molecule is CCOC(=O)c1cnn(-c2ccc(C(=O)NCc3ccc(NC(=O)C4CC4)cc3)cc2)c1C. The smallest absolute Gasteiger partial charge is 0.341 e. The van der Waals surface area contributed by atoms with Gasteiger partial charge in [0.15, 0.2) is 0 Å². The fraction of sp³-hybridized carbons (Fsp3) is 0.280. The number of hydrogen-bond donors (Lipinski definition) is 2. The molecule has 0 unspecified atom stereocenters. The Hall–Kier alpha value is -3.94. The fourth-order valence-corrected chi connectivity index (χ4v) is 3.41. The summed E-state index contributed by atoms with van der Waals surface area (Å²) in [5, 5.41) is 10.1. The van der Waals surface area contributed by atoms with Crippen molar-refractivity contribution in [1.82, 2.24) is 15.1 Å². The third-order valence-corrected chi connectivity index (χ3v) is 5.50. The standard InChI is InChI=1S/C25H26N4O4/c1-3-33-25(32)22-15-27-29(16(22)2)21-12-8-18(9-13-21)23(30)26-14-17-4-10-20(11-5-17)28-24(31)19-6-7-19/h4-5,8-13,15,19H,3,6-7,14H2,1-2H3,(H,26,30)(H,28,31). The van der Waals surface area contributed by atoms with Crippen molar-refractivity contribution >= 4 is 23.5 Å². The maximum atomic E-state index is 12.5. The Morgan fingerprint density at radius 2 is 1.76 bits per heavy atom. The second kappa shape index (κ2) is 9.68. The van der Waals surface area contributed by atoms with Gasteiger partial charge in [-0.05, 0) is 68.7 Å². The topological polar surface area (TPSA) is 102 Å². The summed E-state index contributed by atoms with van der Waals surface area (Å²) in [4.78, 5) is 36.4. The van der Waals surface area contributed by atoms with Crippen molar-refractivity contribution in [2.45, 2.75) is 33.2 Å². The molecule has 1 aliphatic rings. The number of aromatic nitrogens is 2. The van der Waals surface area contributed by atoms with Crippen LogP contribution in [0.1, 0.15) is 51.7 Å². The number of ether oxygens (including phenoxy) is 1. The van der Waals surface area contributed by atoms with Gasteiger partial charge < -0.3 is 15.4 Å². The largest absolute Gasteiger partial charge is 0.462 e. The zero-order chi connectivity index (χ0) is 23.4. The van der Waals surface area contributed by atoms with Crippen LogP contribution in [-0.2, 0) is 16.1 Å². The van der Waals surface area contributed by atoms with Crippen LogP contribution in [-0.4, -0.2) is 34.2 Å². The molecule has 8 heteroatoms. The molecular weight excluding hydrogens is 420 g/mol. The number of nitrogens with one attached hydrogen (secondary N) is 2.